The van der Waals surface area contributed by atoms with Gasteiger partial charge in [-0.1, -0.05) is 0 Å². The first-order chi connectivity index (χ1) is 11.4. The van der Waals surface area contributed by atoms with E-state index in [1.54, 1.807) is 0 Å². The van der Waals surface area contributed by atoms with Gasteiger partial charge in [0.15, 0.2) is 0 Å². The van der Waals surface area contributed by atoms with E-state index in [0.717, 1.165) is 52.1 Å². The van der Waals surface area contributed by atoms with Crippen LogP contribution in [-0.2, 0) is 9.59 Å². The number of hydrogen-bond acceptors (Lipinski definition) is 4. The Hall–Kier alpha value is -1.14. The third-order valence-electron chi connectivity index (χ3n) is 5.33. The molecule has 2 heterocycles. The van der Waals surface area contributed by atoms with Crippen molar-refractivity contribution in [3.05, 3.63) is 0 Å². The fourth-order valence-corrected chi connectivity index (χ4v) is 3.86. The van der Waals surface area contributed by atoms with Gasteiger partial charge in [0.05, 0.1) is 0 Å². The first-order valence-corrected chi connectivity index (χ1v) is 9.34. The van der Waals surface area contributed by atoms with Gasteiger partial charge in [0.1, 0.15) is 0 Å². The lowest BCUT2D eigenvalue weighted by Gasteiger charge is -2.38. The third-order valence-corrected chi connectivity index (χ3v) is 5.33. The zero-order valence-electron chi connectivity index (χ0n) is 15.8. The highest BCUT2D eigenvalue weighted by atomic mass is 16.2. The van der Waals surface area contributed by atoms with E-state index in [-0.39, 0.29) is 11.8 Å². The fourth-order valence-electron chi connectivity index (χ4n) is 3.86. The molecular weight excluding hydrogens is 304 g/mol. The van der Waals surface area contributed by atoms with Crippen LogP contribution in [0, 0.1) is 0 Å². The highest BCUT2D eigenvalue weighted by Gasteiger charge is 2.26. The van der Waals surface area contributed by atoms with Crippen LogP contribution < -0.4 is 0 Å². The molecule has 2 aliphatic rings. The molecule has 6 heteroatoms. The Morgan fingerprint density at radius 1 is 0.750 bits per heavy atom. The Morgan fingerprint density at radius 2 is 1.12 bits per heavy atom. The lowest BCUT2D eigenvalue weighted by molar-refractivity contribution is -0.137. The maximum Gasteiger partial charge on any atom is 0.222 e. The molecule has 2 rings (SSSR count). The largest absolute Gasteiger partial charge is 0.337 e. The number of carbonyl (C=O) groups is 2. The zero-order valence-corrected chi connectivity index (χ0v) is 15.8. The second-order valence-electron chi connectivity index (χ2n) is 7.60. The van der Waals surface area contributed by atoms with Crippen LogP contribution in [0.5, 0.6) is 0 Å². The summed E-state index contributed by atoms with van der Waals surface area (Å²) in [7, 11) is 4.20. The van der Waals surface area contributed by atoms with Crippen LogP contribution in [-0.4, -0.2) is 96.9 Å². The minimum absolute atomic E-state index is 0.246. The van der Waals surface area contributed by atoms with Crippen molar-refractivity contribution >= 4 is 11.8 Å². The van der Waals surface area contributed by atoms with Crippen molar-refractivity contribution in [1.82, 2.24) is 19.6 Å². The van der Waals surface area contributed by atoms with Gasteiger partial charge in [-0.3, -0.25) is 9.59 Å². The van der Waals surface area contributed by atoms with Crippen molar-refractivity contribution in [3.8, 4) is 0 Å². The van der Waals surface area contributed by atoms with Gasteiger partial charge in [0, 0.05) is 64.2 Å². The minimum atomic E-state index is 0.246. The lowest BCUT2D eigenvalue weighted by Crippen LogP contribution is -2.52. The average molecular weight is 338 g/mol. The van der Waals surface area contributed by atoms with Crippen LogP contribution in [0.1, 0.15) is 39.5 Å². The van der Waals surface area contributed by atoms with Gasteiger partial charge >= 0.3 is 0 Å². The molecule has 2 fully saturated rings. The summed E-state index contributed by atoms with van der Waals surface area (Å²) in [5, 5.41) is 0. The van der Waals surface area contributed by atoms with Gasteiger partial charge in [-0.15, -0.1) is 0 Å². The van der Waals surface area contributed by atoms with Gasteiger partial charge in [0.2, 0.25) is 11.8 Å². The predicted molar refractivity (Wildman–Crippen MR) is 95.8 cm³/mol. The summed E-state index contributed by atoms with van der Waals surface area (Å²) in [6, 6.07) is 0.591. The van der Waals surface area contributed by atoms with Crippen LogP contribution >= 0.6 is 0 Å². The van der Waals surface area contributed by atoms with E-state index in [4.69, 9.17) is 0 Å². The molecular formula is C18H34N4O2. The van der Waals surface area contributed by atoms with Crippen molar-refractivity contribution in [2.75, 3.05) is 53.4 Å². The number of hydrogen-bond donors (Lipinski definition) is 0. The smallest absolute Gasteiger partial charge is 0.222 e. The first kappa shape index (κ1) is 19.2. The molecule has 24 heavy (non-hydrogen) atoms. The molecule has 0 spiro atoms. The summed E-state index contributed by atoms with van der Waals surface area (Å²) in [4.78, 5) is 33.3. The maximum atomic E-state index is 12.4. The minimum Gasteiger partial charge on any atom is -0.337 e. The zero-order chi connectivity index (χ0) is 17.7. The van der Waals surface area contributed by atoms with E-state index in [1.165, 1.54) is 0 Å². The number of unbranched alkanes of at least 4 members (excludes halogenated alkanes) is 1. The molecule has 2 aliphatic heterocycles. The summed E-state index contributed by atoms with van der Waals surface area (Å²) in [6.45, 7) is 9.70. The molecule has 0 saturated carbocycles. The molecule has 0 radical (unpaired) electrons. The highest BCUT2D eigenvalue weighted by Crippen LogP contribution is 2.14. The van der Waals surface area contributed by atoms with Crippen molar-refractivity contribution in [1.29, 1.82) is 0 Å². The Bertz CT molecular complexity index is 403. The summed E-state index contributed by atoms with van der Waals surface area (Å²) < 4.78 is 0. The average Bonchev–Trinajstić information content (AvgIpc) is 2.51. The Balaban J connectivity index is 1.65. The van der Waals surface area contributed by atoms with E-state index in [0.29, 0.717) is 24.9 Å². The van der Waals surface area contributed by atoms with Crippen LogP contribution in [0.2, 0.25) is 0 Å². The van der Waals surface area contributed by atoms with Crippen molar-refractivity contribution in [2.45, 2.75) is 51.6 Å². The summed E-state index contributed by atoms with van der Waals surface area (Å²) >= 11 is 0. The molecule has 6 nitrogen and oxygen atoms in total. The highest BCUT2D eigenvalue weighted by molar-refractivity contribution is 5.78. The van der Waals surface area contributed by atoms with Gasteiger partial charge in [0.25, 0.3) is 0 Å². The first-order valence-electron chi connectivity index (χ1n) is 9.34. The van der Waals surface area contributed by atoms with Crippen LogP contribution in [0.4, 0.5) is 0 Å². The number of nitrogens with zero attached hydrogens (tertiary/aromatic N) is 4. The maximum absolute atomic E-state index is 12.4. The van der Waals surface area contributed by atoms with Gasteiger partial charge in [-0.2, -0.15) is 0 Å². The summed E-state index contributed by atoms with van der Waals surface area (Å²) in [5.74, 6) is 0.493. The topological polar surface area (TPSA) is 47.1 Å². The Labute approximate surface area is 146 Å². The van der Waals surface area contributed by atoms with Crippen molar-refractivity contribution in [2.24, 2.45) is 0 Å². The number of likely N-dealkylation sites (N-methyl/N-ethyl adjacent to an activating group) is 2. The Kier molecular flexibility index (Phi) is 7.04. The molecule has 0 unspecified atom stereocenters. The molecule has 2 atom stereocenters. The van der Waals surface area contributed by atoms with Crippen molar-refractivity contribution < 1.29 is 9.59 Å². The fraction of sp³-hybridized carbons (Fsp3) is 0.889. The Morgan fingerprint density at radius 3 is 1.46 bits per heavy atom. The van der Waals surface area contributed by atoms with Crippen LogP contribution in [0.25, 0.3) is 0 Å². The van der Waals surface area contributed by atoms with Gasteiger partial charge in [-0.05, 0) is 40.8 Å². The number of carbonyl (C=O) groups excluding carboxylic acids is 2. The second kappa shape index (κ2) is 8.81. The lowest BCUT2D eigenvalue weighted by atomic mass is 10.1. The summed E-state index contributed by atoms with van der Waals surface area (Å²) in [5.41, 5.74) is 0. The van der Waals surface area contributed by atoms with Crippen LogP contribution in [0.15, 0.2) is 0 Å². The standard InChI is InChI=1S/C18H34N4O2/c1-15-13-19(3)9-11-21(15)17(23)7-5-6-8-18(24)22-12-10-20(4)14-16(22)2/h15-16H,5-14H2,1-4H3/t15-,16-/m0/s1. The normalized spacial score (nSPS) is 26.7. The van der Waals surface area contributed by atoms with Gasteiger partial charge < -0.3 is 19.6 Å². The monoisotopic (exact) mass is 338 g/mol. The molecule has 0 aliphatic carbocycles. The molecule has 0 aromatic carbocycles. The SMILES string of the molecule is C[C@H]1CN(C)CCN1C(=O)CCCCC(=O)N1CCN(C)C[C@@H]1C. The van der Waals surface area contributed by atoms with E-state index in [2.05, 4.69) is 37.7 Å². The van der Waals surface area contributed by atoms with E-state index >= 15 is 0 Å². The number of rotatable bonds is 5. The van der Waals surface area contributed by atoms with Crippen LogP contribution in [0.3, 0.4) is 0 Å². The van der Waals surface area contributed by atoms with E-state index in [1.807, 2.05) is 9.80 Å². The van der Waals surface area contributed by atoms with E-state index < -0.39 is 0 Å². The molecule has 0 aromatic heterocycles. The third kappa shape index (κ3) is 5.18. The molecule has 0 N–H and O–H groups in total. The quantitative estimate of drug-likeness (QED) is 0.698. The molecule has 0 aromatic rings. The molecule has 2 amide bonds. The molecule has 2 saturated heterocycles. The number of piperazine rings is 2. The predicted octanol–water partition coefficient (Wildman–Crippen LogP) is 0.872. The summed E-state index contributed by atoms with van der Waals surface area (Å²) in [6.07, 6.45) is 2.76. The van der Waals surface area contributed by atoms with Crippen molar-refractivity contribution in [3.63, 3.8) is 0 Å². The second-order valence-corrected chi connectivity index (χ2v) is 7.60. The van der Waals surface area contributed by atoms with E-state index in [9.17, 15) is 9.59 Å². The molecule has 0 bridgehead atoms. The number of amides is 2. The molecule has 138 valence electrons. The van der Waals surface area contributed by atoms with Gasteiger partial charge in [-0.25, -0.2) is 0 Å².